The van der Waals surface area contributed by atoms with Crippen molar-refractivity contribution < 1.29 is 14.3 Å². The Balaban J connectivity index is 2.90. The highest BCUT2D eigenvalue weighted by molar-refractivity contribution is 6.33. The van der Waals surface area contributed by atoms with Crippen LogP contribution < -0.4 is 0 Å². The molecule has 110 valence electrons. The number of likely N-dealkylation sites (N-methyl/N-ethyl adjacent to an activating group) is 1. The molecule has 0 radical (unpaired) electrons. The Morgan fingerprint density at radius 3 is 2.65 bits per heavy atom. The predicted molar refractivity (Wildman–Crippen MR) is 74.7 cm³/mol. The molecule has 1 amide bonds. The van der Waals surface area contributed by atoms with Crippen molar-refractivity contribution in [3.8, 4) is 0 Å². The van der Waals surface area contributed by atoms with Crippen molar-refractivity contribution in [2.45, 2.75) is 26.7 Å². The lowest BCUT2D eigenvalue weighted by molar-refractivity contribution is -0.143. The summed E-state index contributed by atoms with van der Waals surface area (Å²) >= 11 is 5.95. The lowest BCUT2D eigenvalue weighted by atomic mass is 10.2. The number of hydrogen-bond acceptors (Lipinski definition) is 5. The summed E-state index contributed by atoms with van der Waals surface area (Å²) in [5.41, 5.74) is 0.0946. The molecule has 1 heterocycles. The van der Waals surface area contributed by atoms with E-state index in [0.717, 1.165) is 0 Å². The van der Waals surface area contributed by atoms with E-state index in [2.05, 4.69) is 9.97 Å². The smallest absolute Gasteiger partial charge is 0.325 e. The first-order valence-electron chi connectivity index (χ1n) is 6.30. The Bertz CT molecular complexity index is 506. The van der Waals surface area contributed by atoms with E-state index >= 15 is 0 Å². The minimum Gasteiger partial charge on any atom is -0.465 e. The van der Waals surface area contributed by atoms with Crippen LogP contribution in [0.15, 0.2) is 6.20 Å². The van der Waals surface area contributed by atoms with E-state index in [1.54, 1.807) is 6.92 Å². The number of rotatable bonds is 5. The van der Waals surface area contributed by atoms with Gasteiger partial charge in [0.25, 0.3) is 5.91 Å². The maximum absolute atomic E-state index is 12.2. The van der Waals surface area contributed by atoms with Crippen LogP contribution >= 0.6 is 11.6 Å². The molecule has 0 aliphatic rings. The zero-order valence-corrected chi connectivity index (χ0v) is 12.8. The first-order chi connectivity index (χ1) is 9.36. The van der Waals surface area contributed by atoms with Gasteiger partial charge in [-0.25, -0.2) is 9.97 Å². The Labute approximate surface area is 123 Å². The molecule has 0 aliphatic carbocycles. The molecule has 0 atom stereocenters. The standard InChI is InChI=1S/C13H18ClN3O3/c1-5-20-10(18)7-17(4)13(19)11-9(14)6-15-12(16-11)8(2)3/h6,8H,5,7H2,1-4H3. The first kappa shape index (κ1) is 16.4. The second-order valence-electron chi connectivity index (χ2n) is 4.55. The number of nitrogens with zero attached hydrogens (tertiary/aromatic N) is 3. The molecular formula is C13H18ClN3O3. The van der Waals surface area contributed by atoms with Crippen LogP contribution in [0.25, 0.3) is 0 Å². The summed E-state index contributed by atoms with van der Waals surface area (Å²) < 4.78 is 4.79. The fourth-order valence-corrected chi connectivity index (χ4v) is 1.63. The van der Waals surface area contributed by atoms with Crippen LogP contribution in [0, 0.1) is 0 Å². The van der Waals surface area contributed by atoms with Gasteiger partial charge < -0.3 is 9.64 Å². The molecule has 1 rings (SSSR count). The fraction of sp³-hybridized carbons (Fsp3) is 0.538. The van der Waals surface area contributed by atoms with Gasteiger partial charge in [0.2, 0.25) is 0 Å². The van der Waals surface area contributed by atoms with Gasteiger partial charge in [-0.15, -0.1) is 0 Å². The molecule has 0 spiro atoms. The molecule has 0 fully saturated rings. The molecule has 1 aromatic heterocycles. The van der Waals surface area contributed by atoms with Gasteiger partial charge in [-0.1, -0.05) is 25.4 Å². The lowest BCUT2D eigenvalue weighted by Crippen LogP contribution is -2.34. The molecule has 0 bridgehead atoms. The largest absolute Gasteiger partial charge is 0.465 e. The van der Waals surface area contributed by atoms with Crippen molar-refractivity contribution in [2.24, 2.45) is 0 Å². The van der Waals surface area contributed by atoms with Gasteiger partial charge in [-0.3, -0.25) is 9.59 Å². The van der Waals surface area contributed by atoms with E-state index in [1.165, 1.54) is 18.1 Å². The van der Waals surface area contributed by atoms with Crippen molar-refractivity contribution in [2.75, 3.05) is 20.2 Å². The van der Waals surface area contributed by atoms with Crippen LogP contribution in [0.3, 0.4) is 0 Å². The van der Waals surface area contributed by atoms with Gasteiger partial charge in [0.15, 0.2) is 5.69 Å². The predicted octanol–water partition coefficient (Wildman–Crippen LogP) is 1.89. The highest BCUT2D eigenvalue weighted by Gasteiger charge is 2.21. The summed E-state index contributed by atoms with van der Waals surface area (Å²) in [5, 5.41) is 0.162. The van der Waals surface area contributed by atoms with Crippen LogP contribution in [0.4, 0.5) is 0 Å². The summed E-state index contributed by atoms with van der Waals surface area (Å²) in [7, 11) is 1.49. The number of hydrogen-bond donors (Lipinski definition) is 0. The van der Waals surface area contributed by atoms with Crippen molar-refractivity contribution in [3.05, 3.63) is 22.7 Å². The molecule has 0 saturated carbocycles. The molecule has 0 unspecified atom stereocenters. The molecule has 0 aromatic carbocycles. The molecule has 6 nitrogen and oxygen atoms in total. The molecular weight excluding hydrogens is 282 g/mol. The number of amides is 1. The zero-order valence-electron chi connectivity index (χ0n) is 12.0. The van der Waals surface area contributed by atoms with Gasteiger partial charge in [-0.2, -0.15) is 0 Å². The van der Waals surface area contributed by atoms with E-state index < -0.39 is 11.9 Å². The third-order valence-electron chi connectivity index (χ3n) is 2.50. The number of aromatic nitrogens is 2. The minimum absolute atomic E-state index is 0.0779. The maximum Gasteiger partial charge on any atom is 0.325 e. The van der Waals surface area contributed by atoms with Crippen molar-refractivity contribution in [3.63, 3.8) is 0 Å². The van der Waals surface area contributed by atoms with Crippen LogP contribution in [-0.4, -0.2) is 46.9 Å². The Kier molecular flexibility index (Phi) is 5.88. The van der Waals surface area contributed by atoms with E-state index in [9.17, 15) is 9.59 Å². The second-order valence-corrected chi connectivity index (χ2v) is 4.95. The van der Waals surface area contributed by atoms with Crippen molar-refractivity contribution >= 4 is 23.5 Å². The Hall–Kier alpha value is -1.69. The average Bonchev–Trinajstić information content (AvgIpc) is 2.38. The number of esters is 1. The maximum atomic E-state index is 12.2. The van der Waals surface area contributed by atoms with E-state index in [-0.39, 0.29) is 29.8 Å². The summed E-state index contributed by atoms with van der Waals surface area (Å²) in [4.78, 5) is 33.0. The lowest BCUT2D eigenvalue weighted by Gasteiger charge is -2.16. The second kappa shape index (κ2) is 7.19. The van der Waals surface area contributed by atoms with Gasteiger partial charge in [0.1, 0.15) is 12.4 Å². The van der Waals surface area contributed by atoms with Gasteiger partial charge >= 0.3 is 5.97 Å². The zero-order chi connectivity index (χ0) is 15.3. The molecule has 0 N–H and O–H groups in total. The molecule has 1 aromatic rings. The summed E-state index contributed by atoms with van der Waals surface area (Å²) in [6.45, 7) is 5.66. The normalized spacial score (nSPS) is 10.5. The molecule has 20 heavy (non-hydrogen) atoms. The first-order valence-corrected chi connectivity index (χ1v) is 6.68. The molecule has 7 heteroatoms. The average molecular weight is 300 g/mol. The topological polar surface area (TPSA) is 72.4 Å². The van der Waals surface area contributed by atoms with E-state index in [0.29, 0.717) is 5.82 Å². The number of halogens is 1. The van der Waals surface area contributed by atoms with E-state index in [1.807, 2.05) is 13.8 Å². The van der Waals surface area contributed by atoms with Crippen LogP contribution in [0.5, 0.6) is 0 Å². The minimum atomic E-state index is -0.474. The van der Waals surface area contributed by atoms with Crippen LogP contribution in [0.2, 0.25) is 5.02 Å². The van der Waals surface area contributed by atoms with Crippen molar-refractivity contribution in [1.82, 2.24) is 14.9 Å². The number of carbonyl (C=O) groups is 2. The number of carbonyl (C=O) groups excluding carboxylic acids is 2. The highest BCUT2D eigenvalue weighted by atomic mass is 35.5. The van der Waals surface area contributed by atoms with E-state index in [4.69, 9.17) is 16.3 Å². The molecule has 0 saturated heterocycles. The van der Waals surface area contributed by atoms with Crippen molar-refractivity contribution in [1.29, 1.82) is 0 Å². The Morgan fingerprint density at radius 1 is 1.45 bits per heavy atom. The monoisotopic (exact) mass is 299 g/mol. The quantitative estimate of drug-likeness (QED) is 0.776. The molecule has 0 aliphatic heterocycles. The fourth-order valence-electron chi connectivity index (χ4n) is 1.46. The third-order valence-corrected chi connectivity index (χ3v) is 2.78. The van der Waals surface area contributed by atoms with Gasteiger partial charge in [0, 0.05) is 13.0 Å². The SMILES string of the molecule is CCOC(=O)CN(C)C(=O)c1nc(C(C)C)ncc1Cl. The number of ether oxygens (including phenoxy) is 1. The summed E-state index contributed by atoms with van der Waals surface area (Å²) in [6.07, 6.45) is 1.40. The Morgan fingerprint density at radius 2 is 2.10 bits per heavy atom. The summed E-state index contributed by atoms with van der Waals surface area (Å²) in [6, 6.07) is 0. The van der Waals surface area contributed by atoms with Gasteiger partial charge in [-0.05, 0) is 6.92 Å². The third kappa shape index (κ3) is 4.16. The highest BCUT2D eigenvalue weighted by Crippen LogP contribution is 2.17. The van der Waals surface area contributed by atoms with Crippen LogP contribution in [-0.2, 0) is 9.53 Å². The summed E-state index contributed by atoms with van der Waals surface area (Å²) in [5.74, 6) is -0.304. The van der Waals surface area contributed by atoms with Crippen LogP contribution in [0.1, 0.15) is 43.0 Å². The van der Waals surface area contributed by atoms with Gasteiger partial charge in [0.05, 0.1) is 17.8 Å².